The fraction of sp³-hybridized carbons (Fsp3) is 1.00. The molecule has 0 aromatic rings. The van der Waals surface area contributed by atoms with Crippen LogP contribution in [0.5, 0.6) is 0 Å². The fourth-order valence-corrected chi connectivity index (χ4v) is 1.69. The van der Waals surface area contributed by atoms with Crippen molar-refractivity contribution in [2.45, 2.75) is 46.0 Å². The first-order valence-corrected chi connectivity index (χ1v) is 6.73. The van der Waals surface area contributed by atoms with Gasteiger partial charge in [-0.3, -0.25) is 9.05 Å². The molecule has 0 fully saturated rings. The average molecular weight is 224 g/mol. The zero-order chi connectivity index (χ0) is 10.9. The van der Waals surface area contributed by atoms with E-state index in [1.54, 1.807) is 0 Å². The summed E-state index contributed by atoms with van der Waals surface area (Å²) in [5.74, 6) is 0. The molecule has 14 heavy (non-hydrogen) atoms. The van der Waals surface area contributed by atoms with E-state index in [1.165, 1.54) is 0 Å². The van der Waals surface area contributed by atoms with Crippen LogP contribution in [-0.2, 0) is 13.6 Å². The maximum absolute atomic E-state index is 11.2. The second kappa shape index (κ2) is 8.42. The van der Waals surface area contributed by atoms with Gasteiger partial charge in [-0.25, -0.2) is 4.57 Å². The van der Waals surface area contributed by atoms with Gasteiger partial charge in [0.2, 0.25) is 0 Å². The minimum absolute atomic E-state index is 0.290. The molecule has 1 unspecified atom stereocenters. The fourth-order valence-electron chi connectivity index (χ4n) is 0.893. The lowest BCUT2D eigenvalue weighted by molar-refractivity contribution is 0.146. The summed E-state index contributed by atoms with van der Waals surface area (Å²) >= 11 is 0. The van der Waals surface area contributed by atoms with Crippen LogP contribution in [0.25, 0.3) is 0 Å². The van der Waals surface area contributed by atoms with Crippen LogP contribution in [0.15, 0.2) is 0 Å². The summed E-state index contributed by atoms with van der Waals surface area (Å²) in [6, 6.07) is 0. The molecular formula is C9H21O4P. The Morgan fingerprint density at radius 3 is 2.00 bits per heavy atom. The SMILES string of the molecule is CCCCCOP(=O)(O)OCCCC. The summed E-state index contributed by atoms with van der Waals surface area (Å²) < 4.78 is 20.7. The van der Waals surface area contributed by atoms with Gasteiger partial charge in [-0.15, -0.1) is 0 Å². The molecule has 0 radical (unpaired) electrons. The second-order valence-electron chi connectivity index (χ2n) is 3.20. The Hall–Kier alpha value is 0.110. The molecule has 0 aromatic heterocycles. The molecule has 0 heterocycles. The van der Waals surface area contributed by atoms with E-state index in [4.69, 9.17) is 13.9 Å². The molecule has 1 atom stereocenters. The quantitative estimate of drug-likeness (QED) is 0.483. The summed E-state index contributed by atoms with van der Waals surface area (Å²) in [6.45, 7) is 4.65. The van der Waals surface area contributed by atoms with Crippen molar-refractivity contribution in [1.82, 2.24) is 0 Å². The van der Waals surface area contributed by atoms with Crippen LogP contribution >= 0.6 is 7.82 Å². The van der Waals surface area contributed by atoms with Crippen LogP contribution in [0.3, 0.4) is 0 Å². The molecule has 0 saturated heterocycles. The zero-order valence-corrected chi connectivity index (χ0v) is 9.96. The van der Waals surface area contributed by atoms with E-state index in [9.17, 15) is 4.57 Å². The van der Waals surface area contributed by atoms with Gasteiger partial charge in [-0.1, -0.05) is 33.1 Å². The maximum Gasteiger partial charge on any atom is 0.472 e. The highest BCUT2D eigenvalue weighted by Gasteiger charge is 2.19. The highest BCUT2D eigenvalue weighted by molar-refractivity contribution is 7.47. The van der Waals surface area contributed by atoms with Gasteiger partial charge in [-0.05, 0) is 12.8 Å². The molecule has 0 saturated carbocycles. The Labute approximate surface area is 86.2 Å². The third kappa shape index (κ3) is 8.70. The summed E-state index contributed by atoms with van der Waals surface area (Å²) in [4.78, 5) is 9.15. The lowest BCUT2D eigenvalue weighted by Crippen LogP contribution is -1.98. The summed E-state index contributed by atoms with van der Waals surface area (Å²) in [5.41, 5.74) is 0. The first kappa shape index (κ1) is 14.1. The van der Waals surface area contributed by atoms with Crippen molar-refractivity contribution in [1.29, 1.82) is 0 Å². The molecule has 0 rings (SSSR count). The summed E-state index contributed by atoms with van der Waals surface area (Å²) in [6.07, 6.45) is 4.60. The Balaban J connectivity index is 3.46. The van der Waals surface area contributed by atoms with Crippen LogP contribution in [0.4, 0.5) is 0 Å². The monoisotopic (exact) mass is 224 g/mol. The Bertz CT molecular complexity index is 172. The van der Waals surface area contributed by atoms with Crippen LogP contribution in [0, 0.1) is 0 Å². The van der Waals surface area contributed by atoms with Crippen LogP contribution in [0.1, 0.15) is 46.0 Å². The maximum atomic E-state index is 11.2. The van der Waals surface area contributed by atoms with E-state index in [2.05, 4.69) is 6.92 Å². The first-order valence-electron chi connectivity index (χ1n) is 5.24. The number of phosphoric ester groups is 1. The molecular weight excluding hydrogens is 203 g/mol. The highest BCUT2D eigenvalue weighted by Crippen LogP contribution is 2.43. The molecule has 0 bridgehead atoms. The lowest BCUT2D eigenvalue weighted by Gasteiger charge is -2.11. The van der Waals surface area contributed by atoms with Gasteiger partial charge in [0, 0.05) is 0 Å². The van der Waals surface area contributed by atoms with Crippen molar-refractivity contribution in [2.75, 3.05) is 13.2 Å². The van der Waals surface area contributed by atoms with Crippen LogP contribution in [0.2, 0.25) is 0 Å². The minimum atomic E-state index is -3.76. The largest absolute Gasteiger partial charge is 0.472 e. The molecule has 0 aromatic carbocycles. The molecule has 0 aliphatic heterocycles. The van der Waals surface area contributed by atoms with Gasteiger partial charge in [0.15, 0.2) is 0 Å². The molecule has 0 spiro atoms. The van der Waals surface area contributed by atoms with Crippen molar-refractivity contribution in [3.63, 3.8) is 0 Å². The molecule has 1 N–H and O–H groups in total. The van der Waals surface area contributed by atoms with E-state index in [0.29, 0.717) is 6.61 Å². The van der Waals surface area contributed by atoms with E-state index in [1.807, 2.05) is 6.92 Å². The standard InChI is InChI=1S/C9H21O4P/c1-3-5-7-9-13-14(10,11)12-8-6-4-2/h3-9H2,1-2H3,(H,10,11). The zero-order valence-electron chi connectivity index (χ0n) is 9.07. The average Bonchev–Trinajstić information content (AvgIpc) is 2.13. The van der Waals surface area contributed by atoms with Gasteiger partial charge in [0.1, 0.15) is 0 Å². The van der Waals surface area contributed by atoms with Crippen LogP contribution in [-0.4, -0.2) is 18.1 Å². The second-order valence-corrected chi connectivity index (χ2v) is 4.65. The van der Waals surface area contributed by atoms with Gasteiger partial charge in [0.25, 0.3) is 0 Å². The van der Waals surface area contributed by atoms with E-state index in [-0.39, 0.29) is 6.61 Å². The van der Waals surface area contributed by atoms with Gasteiger partial charge < -0.3 is 4.89 Å². The Morgan fingerprint density at radius 2 is 1.50 bits per heavy atom. The van der Waals surface area contributed by atoms with Crippen molar-refractivity contribution in [3.05, 3.63) is 0 Å². The van der Waals surface area contributed by atoms with E-state index >= 15 is 0 Å². The third-order valence-corrected chi connectivity index (χ3v) is 2.77. The topological polar surface area (TPSA) is 55.8 Å². The molecule has 86 valence electrons. The van der Waals surface area contributed by atoms with Crippen molar-refractivity contribution >= 4 is 7.82 Å². The highest BCUT2D eigenvalue weighted by atomic mass is 31.2. The van der Waals surface area contributed by atoms with Crippen molar-refractivity contribution in [2.24, 2.45) is 0 Å². The van der Waals surface area contributed by atoms with Gasteiger partial charge >= 0.3 is 7.82 Å². The van der Waals surface area contributed by atoms with Crippen molar-refractivity contribution < 1.29 is 18.5 Å². The summed E-state index contributed by atoms with van der Waals surface area (Å²) in [7, 11) is -3.76. The predicted molar refractivity (Wildman–Crippen MR) is 56.2 cm³/mol. The molecule has 0 aliphatic carbocycles. The smallest absolute Gasteiger partial charge is 0.302 e. The Morgan fingerprint density at radius 1 is 1.00 bits per heavy atom. The van der Waals surface area contributed by atoms with Crippen molar-refractivity contribution in [3.8, 4) is 0 Å². The van der Waals surface area contributed by atoms with Gasteiger partial charge in [-0.2, -0.15) is 0 Å². The van der Waals surface area contributed by atoms with Crippen LogP contribution < -0.4 is 0 Å². The third-order valence-electron chi connectivity index (χ3n) is 1.75. The number of hydrogen-bond donors (Lipinski definition) is 1. The molecule has 5 heteroatoms. The number of phosphoric acid groups is 1. The molecule has 0 aliphatic rings. The lowest BCUT2D eigenvalue weighted by atomic mass is 10.3. The normalized spacial score (nSPS) is 15.4. The minimum Gasteiger partial charge on any atom is -0.302 e. The van der Waals surface area contributed by atoms with E-state index in [0.717, 1.165) is 32.1 Å². The van der Waals surface area contributed by atoms with E-state index < -0.39 is 7.82 Å². The first-order chi connectivity index (χ1) is 6.62. The Kier molecular flexibility index (Phi) is 8.49. The molecule has 0 amide bonds. The molecule has 4 nitrogen and oxygen atoms in total. The predicted octanol–water partition coefficient (Wildman–Crippen LogP) is 3.11. The summed E-state index contributed by atoms with van der Waals surface area (Å²) in [5, 5.41) is 0. The number of rotatable bonds is 9. The number of hydrogen-bond acceptors (Lipinski definition) is 3. The van der Waals surface area contributed by atoms with Gasteiger partial charge in [0.05, 0.1) is 13.2 Å². The number of unbranched alkanes of at least 4 members (excludes halogenated alkanes) is 3.